The smallest absolute Gasteiger partial charge is 0.183 e. The van der Waals surface area contributed by atoms with Crippen molar-refractivity contribution < 1.29 is 4.58 Å². The molecular weight excluding hydrogens is 280 g/mol. The van der Waals surface area contributed by atoms with Gasteiger partial charge in [0.1, 0.15) is 6.54 Å². The van der Waals surface area contributed by atoms with Gasteiger partial charge in [0.25, 0.3) is 0 Å². The van der Waals surface area contributed by atoms with Crippen LogP contribution in [0.3, 0.4) is 0 Å². The molecule has 0 saturated carbocycles. The van der Waals surface area contributed by atoms with Gasteiger partial charge in [-0.15, -0.1) is 0 Å². The molecule has 4 aliphatic heterocycles. The zero-order valence-corrected chi connectivity index (χ0v) is 14.2. The van der Waals surface area contributed by atoms with Crippen LogP contribution in [-0.4, -0.2) is 46.9 Å². The highest BCUT2D eigenvalue weighted by Gasteiger charge is 2.50. The van der Waals surface area contributed by atoms with E-state index in [2.05, 4.69) is 39.8 Å². The molecule has 2 heteroatoms. The van der Waals surface area contributed by atoms with E-state index in [1.165, 1.54) is 70.1 Å². The molecule has 4 aliphatic rings. The van der Waals surface area contributed by atoms with Gasteiger partial charge in [-0.2, -0.15) is 0 Å². The summed E-state index contributed by atoms with van der Waals surface area (Å²) in [5.41, 5.74) is 3.14. The molecule has 0 radical (unpaired) electrons. The Morgan fingerprint density at radius 1 is 0.957 bits per heavy atom. The van der Waals surface area contributed by atoms with Crippen LogP contribution in [0.2, 0.25) is 0 Å². The van der Waals surface area contributed by atoms with Crippen LogP contribution in [0.1, 0.15) is 50.5 Å². The zero-order valence-electron chi connectivity index (χ0n) is 14.2. The maximum Gasteiger partial charge on any atom is 0.183 e. The molecule has 5 rings (SSSR count). The van der Waals surface area contributed by atoms with Gasteiger partial charge in [-0.05, 0) is 44.4 Å². The minimum atomic E-state index is 0.818. The van der Waals surface area contributed by atoms with Gasteiger partial charge in [0.05, 0.1) is 0 Å². The largest absolute Gasteiger partial charge is 0.299 e. The Morgan fingerprint density at radius 3 is 2.78 bits per heavy atom. The predicted molar refractivity (Wildman–Crippen MR) is 94.1 cm³/mol. The van der Waals surface area contributed by atoms with E-state index in [4.69, 9.17) is 0 Å². The van der Waals surface area contributed by atoms with Crippen LogP contribution < -0.4 is 0 Å². The number of rotatable bonds is 1. The van der Waals surface area contributed by atoms with E-state index in [1.807, 2.05) is 0 Å². The molecule has 4 heterocycles. The Morgan fingerprint density at radius 2 is 1.87 bits per heavy atom. The Labute approximate surface area is 140 Å². The fourth-order valence-corrected chi connectivity index (χ4v) is 6.08. The molecule has 2 bridgehead atoms. The average Bonchev–Trinajstić information content (AvgIpc) is 2.62. The maximum absolute atomic E-state index is 2.87. The molecule has 122 valence electrons. The van der Waals surface area contributed by atoms with Gasteiger partial charge in [0, 0.05) is 42.8 Å². The molecule has 4 atom stereocenters. The zero-order chi connectivity index (χ0) is 15.2. The van der Waals surface area contributed by atoms with Crippen molar-refractivity contribution in [2.24, 2.45) is 11.8 Å². The van der Waals surface area contributed by atoms with E-state index in [0.29, 0.717) is 0 Å². The van der Waals surface area contributed by atoms with Gasteiger partial charge in [0.2, 0.25) is 0 Å². The minimum Gasteiger partial charge on any atom is -0.299 e. The summed E-state index contributed by atoms with van der Waals surface area (Å²) in [7, 11) is 0. The summed E-state index contributed by atoms with van der Waals surface area (Å²) >= 11 is 0. The third kappa shape index (κ3) is 2.38. The summed E-state index contributed by atoms with van der Waals surface area (Å²) in [6, 6.07) is 12.9. The van der Waals surface area contributed by atoms with Crippen LogP contribution in [0, 0.1) is 11.8 Å². The summed E-state index contributed by atoms with van der Waals surface area (Å²) < 4.78 is 2.86. The first-order valence-electron chi connectivity index (χ1n) is 9.82. The summed E-state index contributed by atoms with van der Waals surface area (Å²) in [5, 5.41) is 0. The average molecular weight is 309 g/mol. The molecule has 1 aromatic carbocycles. The monoisotopic (exact) mass is 309 g/mol. The molecule has 2 nitrogen and oxygen atoms in total. The lowest BCUT2D eigenvalue weighted by Crippen LogP contribution is -2.61. The molecule has 0 spiro atoms. The normalized spacial score (nSPS) is 37.2. The van der Waals surface area contributed by atoms with Crippen molar-refractivity contribution >= 4 is 5.71 Å². The molecule has 0 aliphatic carbocycles. The van der Waals surface area contributed by atoms with Gasteiger partial charge in [-0.25, -0.2) is 4.58 Å². The highest BCUT2D eigenvalue weighted by atomic mass is 15.2. The summed E-state index contributed by atoms with van der Waals surface area (Å²) in [6.07, 6.45) is 9.95. The second-order valence-corrected chi connectivity index (χ2v) is 8.24. The summed E-state index contributed by atoms with van der Waals surface area (Å²) in [6.45, 7) is 4.08. The van der Waals surface area contributed by atoms with Crippen molar-refractivity contribution in [3.8, 4) is 0 Å². The molecule has 1 unspecified atom stereocenters. The molecule has 0 amide bonds. The first-order valence-corrected chi connectivity index (χ1v) is 9.82. The quantitative estimate of drug-likeness (QED) is 0.719. The van der Waals surface area contributed by atoms with Crippen LogP contribution in [-0.2, 0) is 0 Å². The van der Waals surface area contributed by atoms with Crippen molar-refractivity contribution in [1.29, 1.82) is 0 Å². The highest BCUT2D eigenvalue weighted by Crippen LogP contribution is 2.41. The molecule has 3 saturated heterocycles. The van der Waals surface area contributed by atoms with Gasteiger partial charge < -0.3 is 0 Å². The maximum atomic E-state index is 2.87. The van der Waals surface area contributed by atoms with Crippen molar-refractivity contribution in [1.82, 2.24) is 4.90 Å². The lowest BCUT2D eigenvalue weighted by molar-refractivity contribution is -0.603. The van der Waals surface area contributed by atoms with Crippen LogP contribution in [0.5, 0.6) is 0 Å². The van der Waals surface area contributed by atoms with Crippen LogP contribution in [0.25, 0.3) is 0 Å². The van der Waals surface area contributed by atoms with Crippen LogP contribution >= 0.6 is 0 Å². The number of fused-ring (bicyclic) bond motifs is 6. The molecule has 0 N–H and O–H groups in total. The first-order chi connectivity index (χ1) is 11.4. The fourth-order valence-electron chi connectivity index (χ4n) is 6.08. The summed E-state index contributed by atoms with van der Waals surface area (Å²) in [4.78, 5) is 2.87. The topological polar surface area (TPSA) is 6.25 Å². The predicted octanol–water partition coefficient (Wildman–Crippen LogP) is 3.54. The van der Waals surface area contributed by atoms with Gasteiger partial charge >= 0.3 is 0 Å². The number of hydrogen-bond acceptors (Lipinski definition) is 1. The van der Waals surface area contributed by atoms with Crippen molar-refractivity contribution in [3.05, 3.63) is 35.9 Å². The van der Waals surface area contributed by atoms with E-state index < -0.39 is 0 Å². The lowest BCUT2D eigenvalue weighted by atomic mass is 9.71. The lowest BCUT2D eigenvalue weighted by Gasteiger charge is -2.51. The van der Waals surface area contributed by atoms with E-state index >= 15 is 0 Å². The summed E-state index contributed by atoms with van der Waals surface area (Å²) in [5.74, 6) is 1.84. The van der Waals surface area contributed by atoms with E-state index in [1.54, 1.807) is 5.71 Å². The standard InChI is InChI=1S/C21H29N2/c1-2-7-16(8-3-1)20-10-6-11-21-17-13-18(15-23(20)21)19-9-4-5-12-22(19)14-17/h1-3,7-8,17-19,21H,4-6,9-15H2/q+1/t17-,18?,19+,21-/m0/s1. The first kappa shape index (κ1) is 14.2. The van der Waals surface area contributed by atoms with E-state index in [-0.39, 0.29) is 0 Å². The molecule has 23 heavy (non-hydrogen) atoms. The second-order valence-electron chi connectivity index (χ2n) is 8.24. The van der Waals surface area contributed by atoms with E-state index in [9.17, 15) is 0 Å². The molecule has 1 aromatic rings. The minimum absolute atomic E-state index is 0.818. The number of hydrogen-bond donors (Lipinski definition) is 0. The van der Waals surface area contributed by atoms with Crippen molar-refractivity contribution in [2.75, 3.05) is 19.6 Å². The third-order valence-electron chi connectivity index (χ3n) is 7.03. The van der Waals surface area contributed by atoms with Crippen LogP contribution in [0.4, 0.5) is 0 Å². The van der Waals surface area contributed by atoms with Crippen molar-refractivity contribution in [3.63, 3.8) is 0 Å². The number of benzene rings is 1. The molecular formula is C21H29N2+. The Kier molecular flexibility index (Phi) is 3.54. The molecule has 3 fully saturated rings. The highest BCUT2D eigenvalue weighted by molar-refractivity contribution is 5.97. The fraction of sp³-hybridized carbons (Fsp3) is 0.667. The van der Waals surface area contributed by atoms with Crippen molar-refractivity contribution in [2.45, 2.75) is 57.0 Å². The van der Waals surface area contributed by atoms with Gasteiger partial charge in [-0.3, -0.25) is 4.90 Å². The third-order valence-corrected chi connectivity index (χ3v) is 7.03. The van der Waals surface area contributed by atoms with Crippen LogP contribution in [0.15, 0.2) is 30.3 Å². The van der Waals surface area contributed by atoms with Gasteiger partial charge in [-0.1, -0.05) is 24.6 Å². The molecule has 0 aromatic heterocycles. The number of nitrogens with zero attached hydrogens (tertiary/aromatic N) is 2. The SMILES string of the molecule is c1ccc(C2=[N+]3CC4C[C@@H](CN5CCCC[C@H]45)[C@@H]3CCC2)cc1. The Hall–Kier alpha value is -1.15. The number of piperidine rings is 3. The van der Waals surface area contributed by atoms with E-state index in [0.717, 1.165) is 23.9 Å². The Balaban J connectivity index is 1.52. The second kappa shape index (κ2) is 5.73. The Bertz CT molecular complexity index is 606. The van der Waals surface area contributed by atoms with Gasteiger partial charge in [0.15, 0.2) is 11.8 Å².